The summed E-state index contributed by atoms with van der Waals surface area (Å²) in [6.07, 6.45) is 0. The van der Waals surface area contributed by atoms with E-state index in [0.717, 1.165) is 13.2 Å². The molecule has 0 unspecified atom stereocenters. The van der Waals surface area contributed by atoms with Crippen LogP contribution in [0.15, 0.2) is 18.2 Å². The number of carbonyl (C=O) groups excluding carboxylic acids is 2. The minimum absolute atomic E-state index is 0.217. The molecule has 1 amide bonds. The van der Waals surface area contributed by atoms with Crippen LogP contribution in [0, 0.1) is 5.82 Å². The van der Waals surface area contributed by atoms with Gasteiger partial charge in [0.2, 0.25) is 5.91 Å². The van der Waals surface area contributed by atoms with Gasteiger partial charge >= 0.3 is 5.97 Å². The molecule has 0 aromatic heterocycles. The first-order chi connectivity index (χ1) is 7.58. The molecule has 4 nitrogen and oxygen atoms in total. The van der Waals surface area contributed by atoms with Crippen molar-refractivity contribution in [3.05, 3.63) is 29.6 Å². The van der Waals surface area contributed by atoms with E-state index in [1.807, 2.05) is 0 Å². The van der Waals surface area contributed by atoms with Crippen LogP contribution in [0.2, 0.25) is 0 Å². The Labute approximate surface area is 96.3 Å². The maximum absolute atomic E-state index is 13.2. The predicted molar refractivity (Wildman–Crippen MR) is 57.1 cm³/mol. The van der Waals surface area contributed by atoms with E-state index in [1.165, 1.54) is 12.1 Å². The van der Waals surface area contributed by atoms with Crippen LogP contribution in [-0.4, -0.2) is 24.9 Å². The number of hydrogen-bond donors (Lipinski definition) is 1. The third-order valence-electron chi connectivity index (χ3n) is 1.78. The van der Waals surface area contributed by atoms with Crippen molar-refractivity contribution in [1.29, 1.82) is 0 Å². The van der Waals surface area contributed by atoms with Gasteiger partial charge in [-0.2, -0.15) is 0 Å². The monoisotopic (exact) mass is 245 g/mol. The van der Waals surface area contributed by atoms with Gasteiger partial charge in [-0.25, -0.2) is 9.18 Å². The highest BCUT2D eigenvalue weighted by atomic mass is 35.5. The Balaban J connectivity index is 2.98. The van der Waals surface area contributed by atoms with Crippen molar-refractivity contribution in [2.75, 3.05) is 18.3 Å². The summed E-state index contributed by atoms with van der Waals surface area (Å²) < 4.78 is 17.6. The van der Waals surface area contributed by atoms with Crippen LogP contribution in [0.3, 0.4) is 0 Å². The zero-order valence-electron chi connectivity index (χ0n) is 8.42. The third kappa shape index (κ3) is 2.93. The molecular formula is C10H9ClFNO3. The molecule has 0 fully saturated rings. The number of halogens is 2. The molecule has 6 heteroatoms. The van der Waals surface area contributed by atoms with Crippen LogP contribution < -0.4 is 5.32 Å². The molecule has 0 aliphatic carbocycles. The second kappa shape index (κ2) is 5.46. The number of alkyl halides is 1. The molecule has 1 rings (SSSR count). The van der Waals surface area contributed by atoms with Crippen molar-refractivity contribution in [2.24, 2.45) is 0 Å². The summed E-state index contributed by atoms with van der Waals surface area (Å²) in [5.41, 5.74) is 0.0438. The van der Waals surface area contributed by atoms with Crippen molar-refractivity contribution < 1.29 is 18.7 Å². The Kier molecular flexibility index (Phi) is 4.25. The van der Waals surface area contributed by atoms with Crippen LogP contribution in [0.5, 0.6) is 0 Å². The molecule has 0 spiro atoms. The minimum atomic E-state index is -0.806. The molecule has 0 radical (unpaired) electrons. The second-order valence-corrected chi connectivity index (χ2v) is 3.14. The van der Waals surface area contributed by atoms with Crippen LogP contribution in [0.1, 0.15) is 10.4 Å². The summed E-state index contributed by atoms with van der Waals surface area (Å²) in [6.45, 7) is 0. The van der Waals surface area contributed by atoms with Crippen molar-refractivity contribution in [3.8, 4) is 0 Å². The van der Waals surface area contributed by atoms with Gasteiger partial charge in [-0.1, -0.05) is 0 Å². The number of hydrogen-bond acceptors (Lipinski definition) is 3. The highest BCUT2D eigenvalue weighted by molar-refractivity contribution is 6.29. The minimum Gasteiger partial charge on any atom is -0.465 e. The lowest BCUT2D eigenvalue weighted by atomic mass is 10.2. The largest absolute Gasteiger partial charge is 0.465 e. The third-order valence-corrected chi connectivity index (χ3v) is 2.02. The highest BCUT2D eigenvalue weighted by Gasteiger charge is 2.13. The van der Waals surface area contributed by atoms with Gasteiger partial charge in [-0.05, 0) is 18.2 Å². The van der Waals surface area contributed by atoms with Gasteiger partial charge in [0.15, 0.2) is 0 Å². The maximum Gasteiger partial charge on any atom is 0.340 e. The number of esters is 1. The summed E-state index contributed by atoms with van der Waals surface area (Å²) >= 11 is 5.29. The van der Waals surface area contributed by atoms with Gasteiger partial charge in [0.05, 0.1) is 12.7 Å². The van der Waals surface area contributed by atoms with Crippen molar-refractivity contribution >= 4 is 29.2 Å². The molecule has 0 atom stereocenters. The molecule has 0 bridgehead atoms. The Hall–Kier alpha value is -1.62. The molecule has 0 aliphatic heterocycles. The maximum atomic E-state index is 13.2. The molecule has 16 heavy (non-hydrogen) atoms. The topological polar surface area (TPSA) is 55.4 Å². The number of ether oxygens (including phenoxy) is 1. The highest BCUT2D eigenvalue weighted by Crippen LogP contribution is 2.15. The SMILES string of the molecule is COC(=O)c1cc(NC(=O)CCl)ccc1F. The van der Waals surface area contributed by atoms with Gasteiger partial charge in [0.25, 0.3) is 0 Å². The van der Waals surface area contributed by atoms with Gasteiger partial charge in [0, 0.05) is 5.69 Å². The summed E-state index contributed by atoms with van der Waals surface area (Å²) in [6, 6.07) is 3.58. The normalized spacial score (nSPS) is 9.69. The fourth-order valence-corrected chi connectivity index (χ4v) is 1.13. The van der Waals surface area contributed by atoms with E-state index in [4.69, 9.17) is 11.6 Å². The molecule has 0 saturated carbocycles. The average molecular weight is 246 g/mol. The number of benzene rings is 1. The van der Waals surface area contributed by atoms with E-state index < -0.39 is 17.7 Å². The Morgan fingerprint density at radius 3 is 2.75 bits per heavy atom. The molecule has 0 heterocycles. The number of carbonyl (C=O) groups is 2. The van der Waals surface area contributed by atoms with Gasteiger partial charge < -0.3 is 10.1 Å². The second-order valence-electron chi connectivity index (χ2n) is 2.87. The lowest BCUT2D eigenvalue weighted by Crippen LogP contribution is -2.13. The summed E-state index contributed by atoms with van der Waals surface area (Å²) in [7, 11) is 1.14. The smallest absolute Gasteiger partial charge is 0.340 e. The summed E-state index contributed by atoms with van der Waals surface area (Å²) in [4.78, 5) is 22.1. The number of amides is 1. The Bertz CT molecular complexity index is 423. The van der Waals surface area contributed by atoms with Crippen molar-refractivity contribution in [3.63, 3.8) is 0 Å². The average Bonchev–Trinajstić information content (AvgIpc) is 2.30. The van der Waals surface area contributed by atoms with Crippen molar-refractivity contribution in [2.45, 2.75) is 0 Å². The van der Waals surface area contributed by atoms with Crippen LogP contribution in [0.4, 0.5) is 10.1 Å². The fraction of sp³-hybridized carbons (Fsp3) is 0.200. The number of anilines is 1. The number of methoxy groups -OCH3 is 1. The van der Waals surface area contributed by atoms with E-state index in [9.17, 15) is 14.0 Å². The van der Waals surface area contributed by atoms with E-state index in [-0.39, 0.29) is 17.1 Å². The lowest BCUT2D eigenvalue weighted by Gasteiger charge is -2.06. The fourth-order valence-electron chi connectivity index (χ4n) is 1.06. The molecule has 86 valence electrons. The molecular weight excluding hydrogens is 237 g/mol. The first kappa shape index (κ1) is 12.4. The van der Waals surface area contributed by atoms with Crippen LogP contribution in [0.25, 0.3) is 0 Å². The Morgan fingerprint density at radius 1 is 1.50 bits per heavy atom. The van der Waals surface area contributed by atoms with Crippen LogP contribution in [-0.2, 0) is 9.53 Å². The first-order valence-corrected chi connectivity index (χ1v) is 4.85. The quantitative estimate of drug-likeness (QED) is 0.653. The molecule has 1 aromatic carbocycles. The van der Waals surface area contributed by atoms with E-state index in [0.29, 0.717) is 0 Å². The van der Waals surface area contributed by atoms with Crippen molar-refractivity contribution in [1.82, 2.24) is 0 Å². The van der Waals surface area contributed by atoms with Gasteiger partial charge in [-0.3, -0.25) is 4.79 Å². The van der Waals surface area contributed by atoms with Gasteiger partial charge in [0.1, 0.15) is 11.7 Å². The first-order valence-electron chi connectivity index (χ1n) is 4.32. The summed E-state index contributed by atoms with van der Waals surface area (Å²) in [5.74, 6) is -2.18. The van der Waals surface area contributed by atoms with Crippen LogP contribution >= 0.6 is 11.6 Å². The standard InChI is InChI=1S/C10H9ClFNO3/c1-16-10(15)7-4-6(2-3-8(7)12)13-9(14)5-11/h2-4H,5H2,1H3,(H,13,14). The Morgan fingerprint density at radius 2 is 2.19 bits per heavy atom. The number of rotatable bonds is 3. The molecule has 1 aromatic rings. The molecule has 0 saturated heterocycles. The molecule has 1 N–H and O–H groups in total. The lowest BCUT2D eigenvalue weighted by molar-refractivity contribution is -0.113. The summed E-state index contributed by atoms with van der Waals surface area (Å²) in [5, 5.41) is 2.39. The number of nitrogens with one attached hydrogen (secondary N) is 1. The zero-order valence-corrected chi connectivity index (χ0v) is 9.18. The van der Waals surface area contributed by atoms with E-state index in [1.54, 1.807) is 0 Å². The van der Waals surface area contributed by atoms with E-state index >= 15 is 0 Å². The molecule has 0 aliphatic rings. The predicted octanol–water partition coefficient (Wildman–Crippen LogP) is 1.79. The van der Waals surface area contributed by atoms with E-state index in [2.05, 4.69) is 10.1 Å². The van der Waals surface area contributed by atoms with Gasteiger partial charge in [-0.15, -0.1) is 11.6 Å². The zero-order chi connectivity index (χ0) is 12.1.